The predicted molar refractivity (Wildman–Crippen MR) is 55.5 cm³/mol. The fraction of sp³-hybridized carbons (Fsp3) is 0.636. The molecule has 0 fully saturated rings. The number of rotatable bonds is 7. The Balaban J connectivity index is 3.34. The minimum absolute atomic E-state index is 0.208. The third-order valence-corrected chi connectivity index (χ3v) is 1.74. The van der Waals surface area contributed by atoms with Crippen molar-refractivity contribution in [1.29, 1.82) is 0 Å². The van der Waals surface area contributed by atoms with Crippen LogP contribution >= 0.6 is 0 Å². The van der Waals surface area contributed by atoms with E-state index in [1.807, 2.05) is 6.08 Å². The van der Waals surface area contributed by atoms with Gasteiger partial charge in [0.1, 0.15) is 0 Å². The summed E-state index contributed by atoms with van der Waals surface area (Å²) in [7, 11) is 0. The Bertz CT molecular complexity index is 150. The highest BCUT2D eigenvalue weighted by molar-refractivity contribution is 5.04. The highest BCUT2D eigenvalue weighted by atomic mass is 16.3. The van der Waals surface area contributed by atoms with Gasteiger partial charge in [0.2, 0.25) is 0 Å². The van der Waals surface area contributed by atoms with Crippen LogP contribution in [0.3, 0.4) is 0 Å². The average molecular weight is 184 g/mol. The van der Waals surface area contributed by atoms with E-state index in [-0.39, 0.29) is 6.61 Å². The first-order valence-corrected chi connectivity index (χ1v) is 4.93. The number of aliphatic hydroxyl groups is 2. The molecular weight excluding hydrogens is 164 g/mol. The lowest BCUT2D eigenvalue weighted by atomic mass is 10.2. The van der Waals surface area contributed by atoms with E-state index >= 15 is 0 Å². The zero-order valence-corrected chi connectivity index (χ0v) is 8.32. The van der Waals surface area contributed by atoms with Gasteiger partial charge in [0, 0.05) is 0 Å². The third-order valence-electron chi connectivity index (χ3n) is 1.74. The van der Waals surface area contributed by atoms with Gasteiger partial charge >= 0.3 is 0 Å². The maximum Gasteiger partial charge on any atom is 0.0954 e. The Morgan fingerprint density at radius 1 is 1.23 bits per heavy atom. The van der Waals surface area contributed by atoms with E-state index in [1.165, 1.54) is 19.3 Å². The molecule has 2 nitrogen and oxygen atoms in total. The molecule has 0 radical (unpaired) electrons. The van der Waals surface area contributed by atoms with Crippen LogP contribution in [0.5, 0.6) is 0 Å². The summed E-state index contributed by atoms with van der Waals surface area (Å²) in [6, 6.07) is 0. The second-order valence-corrected chi connectivity index (χ2v) is 3.06. The molecule has 0 aliphatic heterocycles. The molecule has 13 heavy (non-hydrogen) atoms. The molecule has 1 atom stereocenters. The average Bonchev–Trinajstić information content (AvgIpc) is 2.16. The van der Waals surface area contributed by atoms with Crippen molar-refractivity contribution in [2.75, 3.05) is 6.61 Å². The third kappa shape index (κ3) is 9.31. The fourth-order valence-electron chi connectivity index (χ4n) is 0.940. The Morgan fingerprint density at radius 3 is 2.62 bits per heavy atom. The maximum atomic E-state index is 8.93. The second-order valence-electron chi connectivity index (χ2n) is 3.06. The second kappa shape index (κ2) is 9.49. The minimum atomic E-state index is -0.722. The Morgan fingerprint density at radius 2 is 2.00 bits per heavy atom. The van der Waals surface area contributed by atoms with E-state index in [0.29, 0.717) is 0 Å². The first kappa shape index (κ1) is 12.4. The van der Waals surface area contributed by atoms with Gasteiger partial charge in [-0.2, -0.15) is 0 Å². The molecule has 0 saturated heterocycles. The summed E-state index contributed by atoms with van der Waals surface area (Å²) in [5.74, 6) is 0. The van der Waals surface area contributed by atoms with Crippen LogP contribution in [0.2, 0.25) is 0 Å². The molecular formula is C11H20O2. The van der Waals surface area contributed by atoms with E-state index in [0.717, 1.165) is 6.42 Å². The summed E-state index contributed by atoms with van der Waals surface area (Å²) < 4.78 is 0. The van der Waals surface area contributed by atoms with Crippen LogP contribution in [0.4, 0.5) is 0 Å². The highest BCUT2D eigenvalue weighted by Gasteiger charge is 1.90. The highest BCUT2D eigenvalue weighted by Crippen LogP contribution is 1.99. The molecule has 76 valence electrons. The lowest BCUT2D eigenvalue weighted by Crippen LogP contribution is -2.06. The molecule has 0 unspecified atom stereocenters. The van der Waals surface area contributed by atoms with Gasteiger partial charge in [-0.05, 0) is 12.8 Å². The SMILES string of the molecule is CCCCC/C=C/C=C/[C@@H](O)CO. The number of hydrogen-bond acceptors (Lipinski definition) is 2. The lowest BCUT2D eigenvalue weighted by molar-refractivity contribution is 0.131. The molecule has 0 heterocycles. The summed E-state index contributed by atoms with van der Waals surface area (Å²) in [5.41, 5.74) is 0. The predicted octanol–water partition coefficient (Wildman–Crippen LogP) is 2.03. The lowest BCUT2D eigenvalue weighted by Gasteiger charge is -1.95. The van der Waals surface area contributed by atoms with Gasteiger partial charge in [0.05, 0.1) is 12.7 Å². The fourth-order valence-corrected chi connectivity index (χ4v) is 0.940. The van der Waals surface area contributed by atoms with Crippen LogP contribution < -0.4 is 0 Å². The zero-order valence-electron chi connectivity index (χ0n) is 8.32. The summed E-state index contributed by atoms with van der Waals surface area (Å²) >= 11 is 0. The molecule has 0 amide bonds. The van der Waals surface area contributed by atoms with Crippen molar-refractivity contribution in [3.05, 3.63) is 24.3 Å². The molecule has 0 aromatic rings. The van der Waals surface area contributed by atoms with Crippen molar-refractivity contribution >= 4 is 0 Å². The van der Waals surface area contributed by atoms with Gasteiger partial charge in [-0.25, -0.2) is 0 Å². The molecule has 0 aliphatic carbocycles. The van der Waals surface area contributed by atoms with Crippen LogP contribution in [0.25, 0.3) is 0 Å². The molecule has 2 N–H and O–H groups in total. The smallest absolute Gasteiger partial charge is 0.0954 e. The quantitative estimate of drug-likeness (QED) is 0.469. The number of hydrogen-bond donors (Lipinski definition) is 2. The van der Waals surface area contributed by atoms with Crippen LogP contribution in [-0.4, -0.2) is 22.9 Å². The Hall–Kier alpha value is -0.600. The first-order valence-electron chi connectivity index (χ1n) is 4.93. The summed E-state index contributed by atoms with van der Waals surface area (Å²) in [6.45, 7) is 1.97. The topological polar surface area (TPSA) is 40.5 Å². The molecule has 2 heteroatoms. The van der Waals surface area contributed by atoms with Gasteiger partial charge in [0.25, 0.3) is 0 Å². The molecule has 0 rings (SSSR count). The van der Waals surface area contributed by atoms with Gasteiger partial charge in [-0.15, -0.1) is 0 Å². The van der Waals surface area contributed by atoms with Gasteiger partial charge in [-0.3, -0.25) is 0 Å². The number of aliphatic hydroxyl groups excluding tert-OH is 2. The molecule has 0 saturated carbocycles. The van der Waals surface area contributed by atoms with Crippen LogP contribution in [0, 0.1) is 0 Å². The largest absolute Gasteiger partial charge is 0.393 e. The van der Waals surface area contributed by atoms with E-state index in [2.05, 4.69) is 13.0 Å². The number of unbranched alkanes of at least 4 members (excludes halogenated alkanes) is 3. The maximum absolute atomic E-state index is 8.93. The van der Waals surface area contributed by atoms with Crippen molar-refractivity contribution in [3.63, 3.8) is 0 Å². The Labute approximate surface area is 80.6 Å². The molecule has 0 spiro atoms. The Kier molecular flexibility index (Phi) is 9.05. The van der Waals surface area contributed by atoms with Crippen LogP contribution in [0.15, 0.2) is 24.3 Å². The van der Waals surface area contributed by atoms with E-state index < -0.39 is 6.10 Å². The van der Waals surface area contributed by atoms with E-state index in [4.69, 9.17) is 10.2 Å². The summed E-state index contributed by atoms with van der Waals surface area (Å²) in [6.07, 6.45) is 11.4. The van der Waals surface area contributed by atoms with Crippen molar-refractivity contribution < 1.29 is 10.2 Å². The molecule has 0 bridgehead atoms. The number of allylic oxidation sites excluding steroid dienone is 3. The van der Waals surface area contributed by atoms with Crippen molar-refractivity contribution in [2.24, 2.45) is 0 Å². The first-order chi connectivity index (χ1) is 6.31. The van der Waals surface area contributed by atoms with Gasteiger partial charge < -0.3 is 10.2 Å². The zero-order chi connectivity index (χ0) is 9.94. The van der Waals surface area contributed by atoms with Crippen molar-refractivity contribution in [1.82, 2.24) is 0 Å². The van der Waals surface area contributed by atoms with Crippen molar-refractivity contribution in [3.8, 4) is 0 Å². The van der Waals surface area contributed by atoms with E-state index in [9.17, 15) is 0 Å². The normalized spacial score (nSPS) is 14.4. The summed E-state index contributed by atoms with van der Waals surface area (Å²) in [5, 5.41) is 17.4. The van der Waals surface area contributed by atoms with Gasteiger partial charge in [-0.1, -0.05) is 44.1 Å². The molecule has 0 aromatic heterocycles. The van der Waals surface area contributed by atoms with Crippen LogP contribution in [-0.2, 0) is 0 Å². The summed E-state index contributed by atoms with van der Waals surface area (Å²) in [4.78, 5) is 0. The van der Waals surface area contributed by atoms with E-state index in [1.54, 1.807) is 12.2 Å². The van der Waals surface area contributed by atoms with Gasteiger partial charge in [0.15, 0.2) is 0 Å². The monoisotopic (exact) mass is 184 g/mol. The van der Waals surface area contributed by atoms with Crippen LogP contribution in [0.1, 0.15) is 32.6 Å². The standard InChI is InChI=1S/C11H20O2/c1-2-3-4-5-6-7-8-9-11(13)10-12/h6-9,11-13H,2-5,10H2,1H3/b7-6+,9-8+/t11-/m1/s1. The minimum Gasteiger partial charge on any atom is -0.393 e. The molecule has 0 aromatic carbocycles. The van der Waals surface area contributed by atoms with Crippen molar-refractivity contribution in [2.45, 2.75) is 38.7 Å². The molecule has 0 aliphatic rings.